The van der Waals surface area contributed by atoms with Crippen LogP contribution < -0.4 is 5.73 Å². The fourth-order valence-corrected chi connectivity index (χ4v) is 2.46. The minimum atomic E-state index is -0.359. The van der Waals surface area contributed by atoms with Crippen molar-refractivity contribution in [3.63, 3.8) is 0 Å². The monoisotopic (exact) mass is 312 g/mol. The quantitative estimate of drug-likeness (QED) is 0.871. The number of likely N-dealkylation sites (tertiary alicyclic amines) is 1. The van der Waals surface area contributed by atoms with Crippen LogP contribution in [0, 0.1) is 5.92 Å². The predicted octanol–water partition coefficient (Wildman–Crippen LogP) is 2.34. The molecule has 106 valence electrons. The van der Waals surface area contributed by atoms with Gasteiger partial charge in [0.25, 0.3) is 0 Å². The van der Waals surface area contributed by atoms with Crippen LogP contribution in [0.25, 0.3) is 6.08 Å². The fraction of sp³-hybridized carbons (Fsp3) is 0.286. The van der Waals surface area contributed by atoms with E-state index in [4.69, 9.17) is 28.9 Å². The Bertz CT molecular complexity index is 572. The number of hydrogen-bond donors (Lipinski definition) is 1. The summed E-state index contributed by atoms with van der Waals surface area (Å²) >= 11 is 11.9. The van der Waals surface area contributed by atoms with Gasteiger partial charge in [-0.2, -0.15) is 0 Å². The van der Waals surface area contributed by atoms with Crippen LogP contribution in [0.2, 0.25) is 10.0 Å². The SMILES string of the molecule is NC(=O)[C@@H]1CCN(C(=O)/C=C\c2cc(Cl)ccc2Cl)C1. The van der Waals surface area contributed by atoms with Crippen LogP contribution in [0.3, 0.4) is 0 Å². The van der Waals surface area contributed by atoms with Crippen LogP contribution in [0.15, 0.2) is 24.3 Å². The van der Waals surface area contributed by atoms with E-state index in [1.54, 1.807) is 29.2 Å². The molecule has 6 heteroatoms. The fourth-order valence-electron chi connectivity index (χ4n) is 2.10. The van der Waals surface area contributed by atoms with Gasteiger partial charge in [-0.1, -0.05) is 23.2 Å². The van der Waals surface area contributed by atoms with E-state index < -0.39 is 0 Å². The molecule has 4 nitrogen and oxygen atoms in total. The zero-order chi connectivity index (χ0) is 14.7. The first-order valence-electron chi connectivity index (χ1n) is 6.18. The average molecular weight is 313 g/mol. The van der Waals surface area contributed by atoms with E-state index in [-0.39, 0.29) is 17.7 Å². The van der Waals surface area contributed by atoms with Crippen molar-refractivity contribution in [3.8, 4) is 0 Å². The molecule has 1 aromatic carbocycles. The summed E-state index contributed by atoms with van der Waals surface area (Å²) in [4.78, 5) is 24.7. The Morgan fingerprint density at radius 2 is 2.10 bits per heavy atom. The molecule has 1 aromatic rings. The van der Waals surface area contributed by atoms with Crippen molar-refractivity contribution in [2.75, 3.05) is 13.1 Å². The topological polar surface area (TPSA) is 63.4 Å². The van der Waals surface area contributed by atoms with Crippen molar-refractivity contribution >= 4 is 41.1 Å². The molecule has 0 aliphatic carbocycles. The maximum absolute atomic E-state index is 12.0. The van der Waals surface area contributed by atoms with Gasteiger partial charge in [0, 0.05) is 29.2 Å². The second kappa shape index (κ2) is 6.29. The Morgan fingerprint density at radius 1 is 1.35 bits per heavy atom. The first kappa shape index (κ1) is 14.9. The van der Waals surface area contributed by atoms with E-state index >= 15 is 0 Å². The molecule has 2 N–H and O–H groups in total. The molecule has 1 aliphatic heterocycles. The standard InChI is InChI=1S/C14H14Cl2N2O2/c15-11-2-3-12(16)9(7-11)1-4-13(19)18-6-5-10(8-18)14(17)20/h1-4,7,10H,5-6,8H2,(H2,17,20)/b4-1-/t10-/m1/s1. The molecule has 0 unspecified atom stereocenters. The van der Waals surface area contributed by atoms with Gasteiger partial charge in [-0.3, -0.25) is 9.59 Å². The first-order valence-corrected chi connectivity index (χ1v) is 6.94. The van der Waals surface area contributed by atoms with Gasteiger partial charge < -0.3 is 10.6 Å². The van der Waals surface area contributed by atoms with Crippen molar-refractivity contribution in [1.82, 2.24) is 4.90 Å². The van der Waals surface area contributed by atoms with Gasteiger partial charge in [-0.05, 0) is 36.3 Å². The molecule has 0 saturated carbocycles. The number of hydrogen-bond acceptors (Lipinski definition) is 2. The lowest BCUT2D eigenvalue weighted by molar-refractivity contribution is -0.125. The summed E-state index contributed by atoms with van der Waals surface area (Å²) in [6.45, 7) is 0.918. The largest absolute Gasteiger partial charge is 0.369 e. The molecule has 1 heterocycles. The molecular formula is C14H14Cl2N2O2. The molecule has 0 spiro atoms. The van der Waals surface area contributed by atoms with Gasteiger partial charge in [0.1, 0.15) is 0 Å². The molecule has 1 atom stereocenters. The number of rotatable bonds is 3. The Hall–Kier alpha value is -1.52. The first-order chi connectivity index (χ1) is 9.47. The highest BCUT2D eigenvalue weighted by atomic mass is 35.5. The average Bonchev–Trinajstić information content (AvgIpc) is 2.89. The summed E-state index contributed by atoms with van der Waals surface area (Å²) in [7, 11) is 0. The highest BCUT2D eigenvalue weighted by molar-refractivity contribution is 6.34. The third-order valence-electron chi connectivity index (χ3n) is 3.27. The summed E-state index contributed by atoms with van der Waals surface area (Å²) in [6, 6.07) is 5.04. The molecule has 2 amide bonds. The number of primary amides is 1. The molecular weight excluding hydrogens is 299 g/mol. The number of benzene rings is 1. The summed E-state index contributed by atoms with van der Waals surface area (Å²) in [5.41, 5.74) is 5.91. The van der Waals surface area contributed by atoms with Gasteiger partial charge in [-0.25, -0.2) is 0 Å². The summed E-state index contributed by atoms with van der Waals surface area (Å²) in [6.07, 6.45) is 3.67. The van der Waals surface area contributed by atoms with Crippen LogP contribution in [-0.4, -0.2) is 29.8 Å². The van der Waals surface area contributed by atoms with E-state index in [1.807, 2.05) is 0 Å². The Balaban J connectivity index is 2.03. The number of nitrogens with two attached hydrogens (primary N) is 1. The van der Waals surface area contributed by atoms with Crippen LogP contribution in [-0.2, 0) is 9.59 Å². The van der Waals surface area contributed by atoms with Crippen LogP contribution >= 0.6 is 23.2 Å². The Labute approximate surface area is 127 Å². The van der Waals surface area contributed by atoms with Gasteiger partial charge in [0.15, 0.2) is 0 Å². The van der Waals surface area contributed by atoms with Crippen LogP contribution in [0.5, 0.6) is 0 Å². The zero-order valence-corrected chi connectivity index (χ0v) is 12.2. The summed E-state index contributed by atoms with van der Waals surface area (Å²) in [5.74, 6) is -0.769. The van der Waals surface area contributed by atoms with E-state index in [1.165, 1.54) is 6.08 Å². The van der Waals surface area contributed by atoms with E-state index in [2.05, 4.69) is 0 Å². The van der Waals surface area contributed by atoms with Crippen LogP contribution in [0.1, 0.15) is 12.0 Å². The van der Waals surface area contributed by atoms with E-state index in [0.717, 1.165) is 0 Å². The summed E-state index contributed by atoms with van der Waals surface area (Å²) in [5, 5.41) is 1.08. The second-order valence-corrected chi connectivity index (χ2v) is 5.52. The molecule has 1 saturated heterocycles. The predicted molar refractivity (Wildman–Crippen MR) is 79.4 cm³/mol. The lowest BCUT2D eigenvalue weighted by Crippen LogP contribution is -2.30. The third-order valence-corrected chi connectivity index (χ3v) is 3.85. The number of nitrogens with zero attached hydrogens (tertiary/aromatic N) is 1. The van der Waals surface area contributed by atoms with Gasteiger partial charge in [0.2, 0.25) is 11.8 Å². The normalized spacial score (nSPS) is 18.7. The number of amides is 2. The molecule has 0 aromatic heterocycles. The van der Waals surface area contributed by atoms with Gasteiger partial charge >= 0.3 is 0 Å². The minimum absolute atomic E-state index is 0.162. The summed E-state index contributed by atoms with van der Waals surface area (Å²) < 4.78 is 0. The Kier molecular flexibility index (Phi) is 4.68. The Morgan fingerprint density at radius 3 is 2.75 bits per heavy atom. The number of halogens is 2. The molecule has 20 heavy (non-hydrogen) atoms. The van der Waals surface area contributed by atoms with Crippen molar-refractivity contribution < 1.29 is 9.59 Å². The van der Waals surface area contributed by atoms with Crippen molar-refractivity contribution in [1.29, 1.82) is 0 Å². The second-order valence-electron chi connectivity index (χ2n) is 4.67. The lowest BCUT2D eigenvalue weighted by atomic mass is 10.1. The third kappa shape index (κ3) is 3.52. The minimum Gasteiger partial charge on any atom is -0.369 e. The van der Waals surface area contributed by atoms with Crippen molar-refractivity contribution in [2.24, 2.45) is 11.7 Å². The number of carbonyl (C=O) groups is 2. The molecule has 0 bridgehead atoms. The number of carbonyl (C=O) groups excluding carboxylic acids is 2. The molecule has 1 fully saturated rings. The zero-order valence-electron chi connectivity index (χ0n) is 10.7. The van der Waals surface area contributed by atoms with Crippen molar-refractivity contribution in [2.45, 2.75) is 6.42 Å². The van der Waals surface area contributed by atoms with Crippen molar-refractivity contribution in [3.05, 3.63) is 39.9 Å². The maximum atomic E-state index is 12.0. The molecule has 1 aliphatic rings. The van der Waals surface area contributed by atoms with E-state index in [0.29, 0.717) is 35.1 Å². The molecule has 0 radical (unpaired) electrons. The highest BCUT2D eigenvalue weighted by Gasteiger charge is 2.28. The maximum Gasteiger partial charge on any atom is 0.246 e. The van der Waals surface area contributed by atoms with Crippen LogP contribution in [0.4, 0.5) is 0 Å². The smallest absolute Gasteiger partial charge is 0.246 e. The van der Waals surface area contributed by atoms with E-state index in [9.17, 15) is 9.59 Å². The van der Waals surface area contributed by atoms with Gasteiger partial charge in [-0.15, -0.1) is 0 Å². The molecule has 2 rings (SSSR count). The highest BCUT2D eigenvalue weighted by Crippen LogP contribution is 2.22. The van der Waals surface area contributed by atoms with Gasteiger partial charge in [0.05, 0.1) is 5.92 Å². The lowest BCUT2D eigenvalue weighted by Gasteiger charge is -2.13.